The van der Waals surface area contributed by atoms with Gasteiger partial charge in [0.2, 0.25) is 0 Å². The van der Waals surface area contributed by atoms with Gasteiger partial charge in [-0.1, -0.05) is 48.5 Å². The normalized spacial score (nSPS) is 11.1. The number of nitro benzene ring substituents is 1. The van der Waals surface area contributed by atoms with E-state index in [1.807, 2.05) is 30.3 Å². The molecular weight excluding hydrogens is 366 g/mol. The van der Waals surface area contributed by atoms with Gasteiger partial charge in [0, 0.05) is 6.07 Å². The van der Waals surface area contributed by atoms with Gasteiger partial charge in [-0.15, -0.1) is 0 Å². The smallest absolute Gasteiger partial charge is 0.339 e. The lowest BCUT2D eigenvalue weighted by Gasteiger charge is -2.08. The van der Waals surface area contributed by atoms with Crippen molar-refractivity contribution in [2.45, 2.75) is 17.7 Å². The van der Waals surface area contributed by atoms with Gasteiger partial charge in [-0.2, -0.15) is 8.42 Å². The lowest BCUT2D eigenvalue weighted by Crippen LogP contribution is -2.10. The van der Waals surface area contributed by atoms with Crippen molar-refractivity contribution >= 4 is 15.8 Å². The molecule has 27 heavy (non-hydrogen) atoms. The van der Waals surface area contributed by atoms with Gasteiger partial charge in [0.05, 0.1) is 11.0 Å². The van der Waals surface area contributed by atoms with Crippen LogP contribution in [0.4, 0.5) is 5.69 Å². The number of non-ortho nitro benzene ring substituents is 1. The third kappa shape index (κ3) is 4.92. The highest BCUT2D eigenvalue weighted by molar-refractivity contribution is 7.87. The molecule has 7 heteroatoms. The minimum absolute atomic E-state index is 0.00235. The number of hydrogen-bond acceptors (Lipinski definition) is 5. The van der Waals surface area contributed by atoms with Crippen molar-refractivity contribution < 1.29 is 17.5 Å². The molecule has 0 N–H and O–H groups in total. The standard InChI is InChI=1S/C20H17NO5S/c22-21(23)18-7-4-8-19(15-18)26-27(24,25)20-13-11-17(12-14-20)10-9-16-5-2-1-3-6-16/h1-8,11-15H,9-10H2. The Bertz CT molecular complexity index is 1030. The molecule has 0 amide bonds. The fraction of sp³-hybridized carbons (Fsp3) is 0.100. The molecule has 0 aliphatic heterocycles. The fourth-order valence-electron chi connectivity index (χ4n) is 2.58. The average Bonchev–Trinajstić information content (AvgIpc) is 2.67. The molecule has 3 aromatic carbocycles. The summed E-state index contributed by atoms with van der Waals surface area (Å²) in [5.41, 5.74) is 1.98. The first-order chi connectivity index (χ1) is 12.9. The van der Waals surface area contributed by atoms with Crippen molar-refractivity contribution in [3.05, 3.63) is 100 Å². The maximum Gasteiger partial charge on any atom is 0.339 e. The number of aryl methyl sites for hydroxylation is 2. The van der Waals surface area contributed by atoms with Gasteiger partial charge in [-0.05, 0) is 42.2 Å². The summed E-state index contributed by atoms with van der Waals surface area (Å²) in [6.07, 6.45) is 1.65. The minimum Gasteiger partial charge on any atom is -0.379 e. The lowest BCUT2D eigenvalue weighted by atomic mass is 10.0. The Labute approximate surface area is 157 Å². The second-order valence-electron chi connectivity index (χ2n) is 5.92. The SMILES string of the molecule is O=[N+]([O-])c1cccc(OS(=O)(=O)c2ccc(CCc3ccccc3)cc2)c1. The Hall–Kier alpha value is -3.19. The summed E-state index contributed by atoms with van der Waals surface area (Å²) < 4.78 is 29.8. The summed E-state index contributed by atoms with van der Waals surface area (Å²) in [5, 5.41) is 10.8. The van der Waals surface area contributed by atoms with Gasteiger partial charge in [0.15, 0.2) is 0 Å². The zero-order valence-corrected chi connectivity index (χ0v) is 15.1. The van der Waals surface area contributed by atoms with E-state index < -0.39 is 15.0 Å². The first-order valence-corrected chi connectivity index (χ1v) is 9.67. The second-order valence-corrected chi connectivity index (χ2v) is 7.47. The van der Waals surface area contributed by atoms with Crippen molar-refractivity contribution in [3.63, 3.8) is 0 Å². The number of nitro groups is 1. The lowest BCUT2D eigenvalue weighted by molar-refractivity contribution is -0.384. The third-order valence-corrected chi connectivity index (χ3v) is 5.25. The fourth-order valence-corrected chi connectivity index (χ4v) is 3.50. The molecule has 0 aliphatic rings. The largest absolute Gasteiger partial charge is 0.379 e. The predicted octanol–water partition coefficient (Wildman–Crippen LogP) is 4.15. The summed E-state index contributed by atoms with van der Waals surface area (Å²) in [7, 11) is -4.06. The Morgan fingerprint density at radius 1 is 0.815 bits per heavy atom. The van der Waals surface area contributed by atoms with Crippen LogP contribution in [-0.2, 0) is 23.0 Å². The molecule has 0 atom stereocenters. The molecule has 6 nitrogen and oxygen atoms in total. The van der Waals surface area contributed by atoms with Crippen LogP contribution in [0.15, 0.2) is 83.8 Å². The second kappa shape index (κ2) is 8.01. The first kappa shape index (κ1) is 18.6. The Kier molecular flexibility index (Phi) is 5.52. The van der Waals surface area contributed by atoms with Crippen LogP contribution in [-0.4, -0.2) is 13.3 Å². The summed E-state index contributed by atoms with van der Waals surface area (Å²) in [6, 6.07) is 21.5. The van der Waals surface area contributed by atoms with E-state index in [2.05, 4.69) is 0 Å². The van der Waals surface area contributed by atoms with E-state index in [0.29, 0.717) is 0 Å². The Morgan fingerprint density at radius 2 is 1.44 bits per heavy atom. The van der Waals surface area contributed by atoms with Gasteiger partial charge < -0.3 is 4.18 Å². The van der Waals surface area contributed by atoms with E-state index in [4.69, 9.17) is 4.18 Å². The maximum atomic E-state index is 12.4. The highest BCUT2D eigenvalue weighted by atomic mass is 32.2. The molecule has 0 bridgehead atoms. The zero-order valence-electron chi connectivity index (χ0n) is 14.3. The maximum absolute atomic E-state index is 12.4. The monoisotopic (exact) mass is 383 g/mol. The summed E-state index contributed by atoms with van der Waals surface area (Å²) in [5.74, 6) is -0.0997. The van der Waals surface area contributed by atoms with Crippen LogP contribution >= 0.6 is 0 Å². The summed E-state index contributed by atoms with van der Waals surface area (Å²) in [6.45, 7) is 0. The van der Waals surface area contributed by atoms with Crippen molar-refractivity contribution in [2.24, 2.45) is 0 Å². The van der Waals surface area contributed by atoms with Crippen molar-refractivity contribution in [1.29, 1.82) is 0 Å². The quantitative estimate of drug-likeness (QED) is 0.347. The van der Waals surface area contributed by atoms with Crippen LogP contribution in [0.2, 0.25) is 0 Å². The number of rotatable bonds is 7. The summed E-state index contributed by atoms with van der Waals surface area (Å²) >= 11 is 0. The van der Waals surface area contributed by atoms with E-state index in [0.717, 1.165) is 24.5 Å². The Morgan fingerprint density at radius 3 is 2.07 bits per heavy atom. The predicted molar refractivity (Wildman–Crippen MR) is 101 cm³/mol. The van der Waals surface area contributed by atoms with Gasteiger partial charge in [-0.25, -0.2) is 0 Å². The van der Waals surface area contributed by atoms with Crippen molar-refractivity contribution in [3.8, 4) is 5.75 Å². The van der Waals surface area contributed by atoms with Gasteiger partial charge in [-0.3, -0.25) is 10.1 Å². The molecule has 0 radical (unpaired) electrons. The van der Waals surface area contributed by atoms with E-state index in [9.17, 15) is 18.5 Å². The van der Waals surface area contributed by atoms with Crippen LogP contribution in [0.3, 0.4) is 0 Å². The van der Waals surface area contributed by atoms with Crippen LogP contribution in [0.1, 0.15) is 11.1 Å². The van der Waals surface area contributed by atoms with E-state index >= 15 is 0 Å². The highest BCUT2D eigenvalue weighted by Crippen LogP contribution is 2.23. The van der Waals surface area contributed by atoms with Crippen LogP contribution in [0.25, 0.3) is 0 Å². The van der Waals surface area contributed by atoms with Gasteiger partial charge in [0.25, 0.3) is 5.69 Å². The molecule has 0 saturated heterocycles. The van der Waals surface area contributed by atoms with Crippen LogP contribution in [0.5, 0.6) is 5.75 Å². The number of benzene rings is 3. The van der Waals surface area contributed by atoms with Crippen molar-refractivity contribution in [1.82, 2.24) is 0 Å². The minimum atomic E-state index is -4.06. The van der Waals surface area contributed by atoms with Gasteiger partial charge >= 0.3 is 10.1 Å². The van der Waals surface area contributed by atoms with Crippen LogP contribution in [0, 0.1) is 10.1 Å². The van der Waals surface area contributed by atoms with E-state index in [-0.39, 0.29) is 16.3 Å². The van der Waals surface area contributed by atoms with Gasteiger partial charge in [0.1, 0.15) is 10.6 Å². The molecule has 0 spiro atoms. The Balaban J connectivity index is 1.70. The highest BCUT2D eigenvalue weighted by Gasteiger charge is 2.18. The van der Waals surface area contributed by atoms with Crippen molar-refractivity contribution in [2.75, 3.05) is 0 Å². The molecule has 0 aliphatic carbocycles. The molecule has 0 saturated carbocycles. The molecule has 0 unspecified atom stereocenters. The molecular formula is C20H17NO5S. The average molecular weight is 383 g/mol. The molecule has 0 heterocycles. The molecule has 138 valence electrons. The first-order valence-electron chi connectivity index (χ1n) is 8.26. The summed E-state index contributed by atoms with van der Waals surface area (Å²) in [4.78, 5) is 10.2. The van der Waals surface area contributed by atoms with Crippen LogP contribution < -0.4 is 4.18 Å². The third-order valence-electron chi connectivity index (χ3n) is 3.99. The number of hydrogen-bond donors (Lipinski definition) is 0. The molecule has 3 aromatic rings. The molecule has 3 rings (SSSR count). The topological polar surface area (TPSA) is 86.5 Å². The van der Waals surface area contributed by atoms with E-state index in [1.54, 1.807) is 12.1 Å². The number of nitrogens with zero attached hydrogens (tertiary/aromatic N) is 1. The molecule has 0 fully saturated rings. The molecule has 0 aromatic heterocycles. The van der Waals surface area contributed by atoms with E-state index in [1.165, 1.54) is 35.9 Å². The zero-order chi connectivity index (χ0) is 19.3.